The molecule has 3 N–H and O–H groups in total. The summed E-state index contributed by atoms with van der Waals surface area (Å²) in [5.74, 6) is 0.615. The van der Waals surface area contributed by atoms with Crippen molar-refractivity contribution in [3.63, 3.8) is 0 Å². The van der Waals surface area contributed by atoms with Crippen LogP contribution in [0, 0.1) is 16.0 Å². The summed E-state index contributed by atoms with van der Waals surface area (Å²) in [5, 5.41) is 20.2. The van der Waals surface area contributed by atoms with Gasteiger partial charge in [0.25, 0.3) is 5.70 Å². The molecule has 2 unspecified atom stereocenters. The Morgan fingerprint density at radius 2 is 2.35 bits per heavy atom. The minimum absolute atomic E-state index is 0.146. The molecule has 0 aromatic carbocycles. The van der Waals surface area contributed by atoms with Gasteiger partial charge in [0.2, 0.25) is 0 Å². The monoisotopic (exact) mass is 275 g/mol. The molecular formula is C13H17N5O2. The Bertz CT molecular complexity index is 515. The Labute approximate surface area is 116 Å². The Balaban J connectivity index is 1.65. The normalized spacial score (nSPS) is 23.6. The van der Waals surface area contributed by atoms with Crippen LogP contribution in [0.4, 0.5) is 0 Å². The zero-order chi connectivity index (χ0) is 13.9. The zero-order valence-electron chi connectivity index (χ0n) is 11.0. The fourth-order valence-electron chi connectivity index (χ4n) is 2.39. The van der Waals surface area contributed by atoms with Crippen molar-refractivity contribution >= 4 is 0 Å². The molecule has 1 aromatic rings. The van der Waals surface area contributed by atoms with Crippen LogP contribution in [0.5, 0.6) is 0 Å². The van der Waals surface area contributed by atoms with E-state index in [0.717, 1.165) is 5.56 Å². The molecule has 2 heterocycles. The summed E-state index contributed by atoms with van der Waals surface area (Å²) in [6.45, 7) is 0.252. The molecule has 3 rings (SSSR count). The molecule has 7 heteroatoms. The Morgan fingerprint density at radius 3 is 2.90 bits per heavy atom. The van der Waals surface area contributed by atoms with Crippen LogP contribution < -0.4 is 16.0 Å². The number of nitrogens with zero attached hydrogens (tertiary/aromatic N) is 2. The number of rotatable bonds is 5. The van der Waals surface area contributed by atoms with E-state index < -0.39 is 0 Å². The van der Waals surface area contributed by atoms with E-state index in [2.05, 4.69) is 27.0 Å². The summed E-state index contributed by atoms with van der Waals surface area (Å²) in [5.41, 5.74) is 1.30. The first-order valence-electron chi connectivity index (χ1n) is 6.73. The van der Waals surface area contributed by atoms with Crippen molar-refractivity contribution in [1.82, 2.24) is 20.9 Å². The fourth-order valence-corrected chi connectivity index (χ4v) is 2.39. The lowest BCUT2D eigenvalue weighted by Gasteiger charge is -2.28. The molecule has 2 aliphatic rings. The van der Waals surface area contributed by atoms with Crippen LogP contribution in [0.3, 0.4) is 0 Å². The smallest absolute Gasteiger partial charge is 0.275 e. The summed E-state index contributed by atoms with van der Waals surface area (Å²) < 4.78 is 0. The number of pyridine rings is 1. The second-order valence-electron chi connectivity index (χ2n) is 5.14. The van der Waals surface area contributed by atoms with Gasteiger partial charge in [0.05, 0.1) is 17.7 Å². The third-order valence-corrected chi connectivity index (χ3v) is 3.62. The number of aromatic nitrogens is 1. The van der Waals surface area contributed by atoms with Gasteiger partial charge in [-0.05, 0) is 30.4 Å². The molecule has 0 bridgehead atoms. The summed E-state index contributed by atoms with van der Waals surface area (Å²) in [6, 6.07) is 4.21. The third-order valence-electron chi connectivity index (χ3n) is 3.62. The molecule has 0 amide bonds. The van der Waals surface area contributed by atoms with Crippen LogP contribution in [0.25, 0.3) is 0 Å². The van der Waals surface area contributed by atoms with Crippen LogP contribution >= 0.6 is 0 Å². The molecule has 0 saturated heterocycles. The predicted octanol–water partition coefficient (Wildman–Crippen LogP) is 0.717. The number of hydrogen-bond acceptors (Lipinski definition) is 6. The Morgan fingerprint density at radius 1 is 1.50 bits per heavy atom. The molecule has 106 valence electrons. The van der Waals surface area contributed by atoms with Crippen molar-refractivity contribution in [2.45, 2.75) is 25.2 Å². The van der Waals surface area contributed by atoms with Gasteiger partial charge in [0.1, 0.15) is 6.29 Å². The van der Waals surface area contributed by atoms with Crippen molar-refractivity contribution in [3.05, 3.63) is 52.1 Å². The highest BCUT2D eigenvalue weighted by Crippen LogP contribution is 2.40. The summed E-state index contributed by atoms with van der Waals surface area (Å²) >= 11 is 0. The van der Waals surface area contributed by atoms with E-state index >= 15 is 0 Å². The van der Waals surface area contributed by atoms with E-state index in [1.165, 1.54) is 19.0 Å². The van der Waals surface area contributed by atoms with E-state index in [1.54, 1.807) is 6.20 Å². The molecule has 0 spiro atoms. The first-order chi connectivity index (χ1) is 9.74. The van der Waals surface area contributed by atoms with E-state index in [9.17, 15) is 10.1 Å². The number of hydrogen-bond donors (Lipinski definition) is 3. The standard InChI is InChI=1S/C13H17N5O2/c19-18(20)11-7-15-13(16-8-11)17-12(9-3-4-9)10-2-1-5-14-6-10/h1-2,5-7,9,12-13,15-17H,3-4,8H2. The first-order valence-corrected chi connectivity index (χ1v) is 6.73. The Kier molecular flexibility index (Phi) is 3.62. The third kappa shape index (κ3) is 2.94. The zero-order valence-corrected chi connectivity index (χ0v) is 11.0. The second-order valence-corrected chi connectivity index (χ2v) is 5.14. The molecule has 20 heavy (non-hydrogen) atoms. The van der Waals surface area contributed by atoms with Gasteiger partial charge in [-0.2, -0.15) is 0 Å². The van der Waals surface area contributed by atoms with Crippen molar-refractivity contribution in [2.24, 2.45) is 5.92 Å². The number of nitro groups is 1. The van der Waals surface area contributed by atoms with Crippen LogP contribution in [-0.2, 0) is 0 Å². The van der Waals surface area contributed by atoms with Gasteiger partial charge in [-0.15, -0.1) is 0 Å². The minimum Gasteiger partial charge on any atom is -0.358 e. The van der Waals surface area contributed by atoms with E-state index in [0.29, 0.717) is 5.92 Å². The first kappa shape index (κ1) is 13.0. The summed E-state index contributed by atoms with van der Waals surface area (Å²) in [7, 11) is 0. The average molecular weight is 275 g/mol. The van der Waals surface area contributed by atoms with Gasteiger partial charge in [-0.1, -0.05) is 6.07 Å². The maximum Gasteiger partial charge on any atom is 0.275 e. The maximum atomic E-state index is 10.7. The Hall–Kier alpha value is -1.99. The largest absolute Gasteiger partial charge is 0.358 e. The molecule has 7 nitrogen and oxygen atoms in total. The lowest BCUT2D eigenvalue weighted by molar-refractivity contribution is -0.427. The quantitative estimate of drug-likeness (QED) is 0.541. The highest BCUT2D eigenvalue weighted by Gasteiger charge is 2.34. The van der Waals surface area contributed by atoms with Gasteiger partial charge in [-0.25, -0.2) is 0 Å². The molecule has 0 radical (unpaired) electrons. The average Bonchev–Trinajstić information content (AvgIpc) is 3.31. The van der Waals surface area contributed by atoms with Crippen LogP contribution in [-0.4, -0.2) is 22.7 Å². The highest BCUT2D eigenvalue weighted by atomic mass is 16.6. The molecule has 2 atom stereocenters. The van der Waals surface area contributed by atoms with Crippen molar-refractivity contribution in [2.75, 3.05) is 6.54 Å². The van der Waals surface area contributed by atoms with Gasteiger partial charge in [0, 0.05) is 18.4 Å². The highest BCUT2D eigenvalue weighted by molar-refractivity contribution is 5.17. The molecule has 1 aromatic heterocycles. The SMILES string of the molecule is O=[N+]([O-])C1=CNC(NC(c2cccnc2)C2CC2)NC1. The van der Waals surface area contributed by atoms with Crippen molar-refractivity contribution in [1.29, 1.82) is 0 Å². The lowest BCUT2D eigenvalue weighted by Crippen LogP contribution is -2.55. The number of nitrogens with one attached hydrogen (secondary N) is 3. The van der Waals surface area contributed by atoms with Gasteiger partial charge in [-0.3, -0.25) is 25.7 Å². The molecular weight excluding hydrogens is 258 g/mol. The maximum absolute atomic E-state index is 10.7. The van der Waals surface area contributed by atoms with Gasteiger partial charge < -0.3 is 5.32 Å². The molecule has 1 aliphatic heterocycles. The van der Waals surface area contributed by atoms with Crippen molar-refractivity contribution in [3.8, 4) is 0 Å². The predicted molar refractivity (Wildman–Crippen MR) is 72.8 cm³/mol. The van der Waals surface area contributed by atoms with E-state index in [-0.39, 0.29) is 29.5 Å². The van der Waals surface area contributed by atoms with Crippen molar-refractivity contribution < 1.29 is 4.92 Å². The topological polar surface area (TPSA) is 92.1 Å². The molecule has 1 saturated carbocycles. The van der Waals surface area contributed by atoms with Crippen LogP contribution in [0.15, 0.2) is 36.4 Å². The van der Waals surface area contributed by atoms with Crippen LogP contribution in [0.1, 0.15) is 24.4 Å². The lowest BCUT2D eigenvalue weighted by atomic mass is 10.0. The van der Waals surface area contributed by atoms with E-state index in [4.69, 9.17) is 0 Å². The van der Waals surface area contributed by atoms with Crippen LogP contribution in [0.2, 0.25) is 0 Å². The summed E-state index contributed by atoms with van der Waals surface area (Å²) in [6.07, 6.45) is 7.34. The molecule has 1 fully saturated rings. The molecule has 1 aliphatic carbocycles. The van der Waals surface area contributed by atoms with E-state index in [1.807, 2.05) is 12.3 Å². The summed E-state index contributed by atoms with van der Waals surface area (Å²) in [4.78, 5) is 14.4. The van der Waals surface area contributed by atoms with Gasteiger partial charge >= 0.3 is 0 Å². The second kappa shape index (κ2) is 5.56. The minimum atomic E-state index is -0.379. The van der Waals surface area contributed by atoms with Gasteiger partial charge in [0.15, 0.2) is 0 Å². The fraction of sp³-hybridized carbons (Fsp3) is 0.462.